The average molecular weight is 700 g/mol. The summed E-state index contributed by atoms with van der Waals surface area (Å²) < 4.78 is 6.93. The summed E-state index contributed by atoms with van der Waals surface area (Å²) >= 11 is 0. The number of para-hydroxylation sites is 4. The first-order valence-corrected chi connectivity index (χ1v) is 18.3. The zero-order valence-electron chi connectivity index (χ0n) is 29.5. The second-order valence-corrected chi connectivity index (χ2v) is 14.0. The normalized spacial score (nSPS) is 11.6. The van der Waals surface area contributed by atoms with Crippen molar-refractivity contribution in [3.05, 3.63) is 187 Å². The predicted molar refractivity (Wildman–Crippen MR) is 224 cm³/mol. The van der Waals surface area contributed by atoms with Gasteiger partial charge in [0.25, 0.3) is 0 Å². The quantitative estimate of drug-likeness (QED) is 0.184. The number of aromatic nitrogens is 3. The standard InChI is InChI=1S/C50H29N5/c51-30-32-20-23-37(49(26-32)55-47-19-8-3-14-40(47)42-24-21-33(31-52)27-50(42)55)34-10-9-11-35(28-34)53-46-18-7-4-15-41(46)43-29-36(22-25-48(43)53)54-44-16-5-1-12-38(44)39-13-2-6-17-45(39)54/h1-29H. The van der Waals surface area contributed by atoms with Crippen molar-refractivity contribution in [1.82, 2.24) is 13.7 Å². The molecule has 11 aromatic rings. The van der Waals surface area contributed by atoms with E-state index in [0.717, 1.165) is 61.0 Å². The highest BCUT2D eigenvalue weighted by Crippen LogP contribution is 2.40. The zero-order valence-corrected chi connectivity index (χ0v) is 29.5. The number of hydrogen-bond acceptors (Lipinski definition) is 2. The first-order valence-electron chi connectivity index (χ1n) is 18.3. The Kier molecular flexibility index (Phi) is 6.61. The average Bonchev–Trinajstić information content (AvgIpc) is 3.88. The minimum atomic E-state index is 0.568. The van der Waals surface area contributed by atoms with E-state index in [9.17, 15) is 10.5 Å². The van der Waals surface area contributed by atoms with Crippen LogP contribution in [0, 0.1) is 22.7 Å². The van der Waals surface area contributed by atoms with Gasteiger partial charge in [0, 0.05) is 49.3 Å². The van der Waals surface area contributed by atoms with Crippen LogP contribution in [0.3, 0.4) is 0 Å². The Morgan fingerprint density at radius 3 is 1.44 bits per heavy atom. The molecule has 0 saturated carbocycles. The van der Waals surface area contributed by atoms with E-state index in [1.165, 1.54) is 32.6 Å². The fourth-order valence-corrected chi connectivity index (χ4v) is 8.72. The molecule has 11 rings (SSSR count). The molecule has 0 N–H and O–H groups in total. The summed E-state index contributed by atoms with van der Waals surface area (Å²) in [5.74, 6) is 0. The van der Waals surface area contributed by atoms with Crippen LogP contribution in [0.1, 0.15) is 11.1 Å². The third-order valence-electron chi connectivity index (χ3n) is 11.1. The van der Waals surface area contributed by atoms with Crippen molar-refractivity contribution in [2.45, 2.75) is 0 Å². The highest BCUT2D eigenvalue weighted by molar-refractivity contribution is 6.13. The lowest BCUT2D eigenvalue weighted by molar-refractivity contribution is 1.16. The maximum Gasteiger partial charge on any atom is 0.0992 e. The third kappa shape index (κ3) is 4.51. The van der Waals surface area contributed by atoms with Crippen LogP contribution in [-0.4, -0.2) is 13.7 Å². The van der Waals surface area contributed by atoms with Crippen LogP contribution >= 0.6 is 0 Å². The number of fused-ring (bicyclic) bond motifs is 9. The van der Waals surface area contributed by atoms with Crippen LogP contribution in [0.5, 0.6) is 0 Å². The second kappa shape index (κ2) is 11.8. The predicted octanol–water partition coefficient (Wildman–Crippen LogP) is 12.4. The molecule has 55 heavy (non-hydrogen) atoms. The molecule has 5 nitrogen and oxygen atoms in total. The largest absolute Gasteiger partial charge is 0.309 e. The van der Waals surface area contributed by atoms with E-state index in [1.807, 2.05) is 48.5 Å². The number of rotatable bonds is 4. The van der Waals surface area contributed by atoms with Crippen LogP contribution in [0.4, 0.5) is 0 Å². The van der Waals surface area contributed by atoms with Crippen LogP contribution in [0.15, 0.2) is 176 Å². The Labute approximate surface area is 316 Å². The Bertz CT molecular complexity index is 3420. The molecular formula is C50H29N5. The van der Waals surface area contributed by atoms with E-state index in [1.54, 1.807) is 0 Å². The molecule has 0 aliphatic heterocycles. The molecule has 8 aromatic carbocycles. The first-order chi connectivity index (χ1) is 27.2. The van der Waals surface area contributed by atoms with Gasteiger partial charge in [0.2, 0.25) is 0 Å². The smallest absolute Gasteiger partial charge is 0.0992 e. The van der Waals surface area contributed by atoms with Crippen molar-refractivity contribution in [3.8, 4) is 40.3 Å². The Hall–Kier alpha value is -7.86. The van der Waals surface area contributed by atoms with Crippen LogP contribution in [-0.2, 0) is 0 Å². The molecule has 0 saturated heterocycles. The molecule has 254 valence electrons. The molecule has 0 amide bonds. The Morgan fingerprint density at radius 2 is 0.818 bits per heavy atom. The minimum Gasteiger partial charge on any atom is -0.309 e. The molecule has 0 spiro atoms. The molecule has 0 atom stereocenters. The first kappa shape index (κ1) is 30.7. The van der Waals surface area contributed by atoms with Gasteiger partial charge in [-0.05, 0) is 84.4 Å². The van der Waals surface area contributed by atoms with Crippen molar-refractivity contribution in [1.29, 1.82) is 10.5 Å². The monoisotopic (exact) mass is 699 g/mol. The van der Waals surface area contributed by atoms with E-state index in [4.69, 9.17) is 0 Å². The lowest BCUT2D eigenvalue weighted by Gasteiger charge is -2.16. The molecule has 0 aliphatic rings. The molecule has 0 bridgehead atoms. The highest BCUT2D eigenvalue weighted by atomic mass is 15.0. The summed E-state index contributed by atoms with van der Waals surface area (Å²) in [6.45, 7) is 0. The Balaban J connectivity index is 1.13. The second-order valence-electron chi connectivity index (χ2n) is 14.0. The maximum atomic E-state index is 10.1. The molecule has 5 heteroatoms. The van der Waals surface area contributed by atoms with Crippen molar-refractivity contribution in [2.24, 2.45) is 0 Å². The zero-order chi connectivity index (χ0) is 36.6. The van der Waals surface area contributed by atoms with Crippen molar-refractivity contribution in [2.75, 3.05) is 0 Å². The SMILES string of the molecule is N#Cc1ccc(-c2cccc(-n3c4ccccc4c4cc(-n5c6ccccc6c6ccccc65)ccc43)c2)c(-n2c3ccccc3c3ccc(C#N)cc32)c1. The van der Waals surface area contributed by atoms with Gasteiger partial charge < -0.3 is 13.7 Å². The van der Waals surface area contributed by atoms with Gasteiger partial charge in [0.1, 0.15) is 0 Å². The van der Waals surface area contributed by atoms with Gasteiger partial charge in [0.15, 0.2) is 0 Å². The summed E-state index contributed by atoms with van der Waals surface area (Å²) in [6, 6.07) is 66.0. The Morgan fingerprint density at radius 1 is 0.327 bits per heavy atom. The fraction of sp³-hybridized carbons (Fsp3) is 0. The molecule has 0 aliphatic carbocycles. The fourth-order valence-electron chi connectivity index (χ4n) is 8.72. The summed E-state index contributed by atoms with van der Waals surface area (Å²) in [4.78, 5) is 0. The van der Waals surface area contributed by atoms with Gasteiger partial charge in [-0.2, -0.15) is 10.5 Å². The van der Waals surface area contributed by atoms with Crippen molar-refractivity contribution < 1.29 is 0 Å². The van der Waals surface area contributed by atoms with Gasteiger partial charge in [-0.25, -0.2) is 0 Å². The maximum absolute atomic E-state index is 10.1. The number of benzene rings is 8. The van der Waals surface area contributed by atoms with Crippen molar-refractivity contribution >= 4 is 65.4 Å². The molecule has 3 heterocycles. The molecule has 0 fully saturated rings. The summed E-state index contributed by atoms with van der Waals surface area (Å²) in [5.41, 5.74) is 12.8. The van der Waals surface area contributed by atoms with E-state index in [-0.39, 0.29) is 0 Å². The topological polar surface area (TPSA) is 62.4 Å². The lowest BCUT2D eigenvalue weighted by Crippen LogP contribution is -2.00. The van der Waals surface area contributed by atoms with Crippen LogP contribution in [0.25, 0.3) is 93.6 Å². The summed E-state index contributed by atoms with van der Waals surface area (Å²) in [7, 11) is 0. The van der Waals surface area contributed by atoms with Gasteiger partial charge >= 0.3 is 0 Å². The lowest BCUT2D eigenvalue weighted by atomic mass is 10.0. The summed E-state index contributed by atoms with van der Waals surface area (Å²) in [6.07, 6.45) is 0. The molecular weight excluding hydrogens is 671 g/mol. The number of hydrogen-bond donors (Lipinski definition) is 0. The number of nitriles is 2. The minimum absolute atomic E-state index is 0.568. The molecule has 0 unspecified atom stereocenters. The van der Waals surface area contributed by atoms with E-state index < -0.39 is 0 Å². The third-order valence-corrected chi connectivity index (χ3v) is 11.1. The van der Waals surface area contributed by atoms with Gasteiger partial charge in [-0.1, -0.05) is 97.1 Å². The van der Waals surface area contributed by atoms with Crippen LogP contribution < -0.4 is 0 Å². The molecule has 3 aromatic heterocycles. The van der Waals surface area contributed by atoms with E-state index in [2.05, 4.69) is 153 Å². The van der Waals surface area contributed by atoms with Crippen LogP contribution in [0.2, 0.25) is 0 Å². The van der Waals surface area contributed by atoms with Crippen molar-refractivity contribution in [3.63, 3.8) is 0 Å². The molecule has 0 radical (unpaired) electrons. The van der Waals surface area contributed by atoms with E-state index in [0.29, 0.717) is 11.1 Å². The van der Waals surface area contributed by atoms with Gasteiger partial charge in [-0.3, -0.25) is 0 Å². The highest BCUT2D eigenvalue weighted by Gasteiger charge is 2.19. The van der Waals surface area contributed by atoms with Gasteiger partial charge in [0.05, 0.1) is 62.1 Å². The van der Waals surface area contributed by atoms with Gasteiger partial charge in [-0.15, -0.1) is 0 Å². The summed E-state index contributed by atoms with van der Waals surface area (Å²) in [5, 5.41) is 26.9. The number of nitrogens with zero attached hydrogens (tertiary/aromatic N) is 5. The van der Waals surface area contributed by atoms with E-state index >= 15 is 0 Å².